The number of rotatable bonds is 6. The van der Waals surface area contributed by atoms with Crippen LogP contribution in [0.4, 0.5) is 0 Å². The van der Waals surface area contributed by atoms with Crippen LogP contribution in [0.25, 0.3) is 87.7 Å². The summed E-state index contributed by atoms with van der Waals surface area (Å²) in [6.07, 6.45) is 0. The second-order valence-electron chi connectivity index (χ2n) is 11.5. The highest BCUT2D eigenvalue weighted by Gasteiger charge is 2.16. The van der Waals surface area contributed by atoms with Crippen molar-refractivity contribution < 1.29 is 17.8 Å². The van der Waals surface area contributed by atoms with Gasteiger partial charge in [0.15, 0.2) is 17.5 Å². The van der Waals surface area contributed by atoms with Gasteiger partial charge in [0.05, 0.1) is 17.8 Å². The lowest BCUT2D eigenvalue weighted by molar-refractivity contribution is 1.07. The van der Waals surface area contributed by atoms with E-state index in [4.69, 9.17) is 15.1 Å². The Bertz CT molecular complexity index is 3250. The van der Waals surface area contributed by atoms with Crippen molar-refractivity contribution in [1.29, 1.82) is 0 Å². The van der Waals surface area contributed by atoms with Crippen LogP contribution < -0.4 is 0 Å². The lowest BCUT2D eigenvalue weighted by Crippen LogP contribution is -2.00. The highest BCUT2D eigenvalue weighted by Crippen LogP contribution is 2.44. The smallest absolute Gasteiger partial charge is 0.164 e. The van der Waals surface area contributed by atoms with Gasteiger partial charge in [0.25, 0.3) is 0 Å². The third-order valence-electron chi connectivity index (χ3n) is 8.28. The summed E-state index contributed by atoms with van der Waals surface area (Å²) in [5, 5.41) is 1.78. The largest absolute Gasteiger partial charge is 0.208 e. The van der Waals surface area contributed by atoms with Gasteiger partial charge in [-0.2, -0.15) is 0 Å². The molecule has 2 aromatic heterocycles. The van der Waals surface area contributed by atoms with E-state index in [1.807, 2.05) is 42.5 Å². The molecule has 0 N–H and O–H groups in total. The molecule has 9 aromatic rings. The Morgan fingerprint density at radius 2 is 0.940 bits per heavy atom. The molecule has 236 valence electrons. The Balaban J connectivity index is 1.29. The molecule has 0 aliphatic heterocycles. The van der Waals surface area contributed by atoms with Crippen molar-refractivity contribution in [1.82, 2.24) is 15.0 Å². The number of benzene rings is 7. The van der Waals surface area contributed by atoms with Crippen LogP contribution >= 0.6 is 11.3 Å². The maximum atomic E-state index is 9.68. The van der Waals surface area contributed by atoms with Crippen LogP contribution in [0, 0.1) is 6.92 Å². The van der Waals surface area contributed by atoms with Crippen molar-refractivity contribution in [2.45, 2.75) is 6.92 Å². The quantitative estimate of drug-likeness (QED) is 0.177. The summed E-state index contributed by atoms with van der Waals surface area (Å²) in [4.78, 5) is 13.4. The molecule has 7 aromatic carbocycles. The van der Waals surface area contributed by atoms with Crippen LogP contribution in [-0.4, -0.2) is 15.0 Å². The summed E-state index contributed by atoms with van der Waals surface area (Å²) >= 11 is 1.46. The van der Waals surface area contributed by atoms with Crippen molar-refractivity contribution in [2.24, 2.45) is 0 Å². The van der Waals surface area contributed by atoms with Crippen LogP contribution in [0.3, 0.4) is 0 Å². The van der Waals surface area contributed by atoms with E-state index in [1.54, 1.807) is 12.1 Å². The molecule has 0 atom stereocenters. The number of fused-ring (bicyclic) bond motifs is 3. The maximum absolute atomic E-state index is 9.68. The SMILES string of the molecule is [2H]c1c([2H])c([2H])c(-c2nc(-c3c([2H])c([2H])c([2H])c(C)c3[2H])nc(-c3c([2H])c([2H])c([2H])c(-c4cccc5c4sc4c(-c6ccc(-c7ccccc7)cc6)cccc45)c3[2H])n2)c([2H])c1[2H]. The third-order valence-corrected chi connectivity index (χ3v) is 9.57. The van der Waals surface area contributed by atoms with E-state index in [9.17, 15) is 2.74 Å². The minimum absolute atomic E-state index is 0.00606. The fourth-order valence-electron chi connectivity index (χ4n) is 5.93. The maximum Gasteiger partial charge on any atom is 0.164 e. The van der Waals surface area contributed by atoms with E-state index in [-0.39, 0.29) is 34.3 Å². The predicted molar refractivity (Wildman–Crippen MR) is 210 cm³/mol. The first-order valence-electron chi connectivity index (χ1n) is 22.2. The van der Waals surface area contributed by atoms with Crippen molar-refractivity contribution in [2.75, 3.05) is 0 Å². The van der Waals surface area contributed by atoms with E-state index >= 15 is 0 Å². The van der Waals surface area contributed by atoms with Crippen LogP contribution in [0.1, 0.15) is 23.4 Å². The minimum atomic E-state index is -0.694. The van der Waals surface area contributed by atoms with Crippen molar-refractivity contribution >= 4 is 31.5 Å². The average molecular weight is 671 g/mol. The lowest BCUT2D eigenvalue weighted by Gasteiger charge is -2.10. The molecule has 0 aliphatic rings. The molecule has 0 spiro atoms. The first kappa shape index (κ1) is 19.1. The van der Waals surface area contributed by atoms with Crippen LogP contribution in [0.15, 0.2) is 170 Å². The van der Waals surface area contributed by atoms with Gasteiger partial charge in [-0.05, 0) is 52.4 Å². The van der Waals surface area contributed by atoms with Crippen molar-refractivity contribution in [3.05, 3.63) is 175 Å². The van der Waals surface area contributed by atoms with E-state index in [0.717, 1.165) is 37.7 Å². The summed E-state index contributed by atoms with van der Waals surface area (Å²) in [5.74, 6) is -1.43. The zero-order valence-electron chi connectivity index (χ0n) is 39.4. The van der Waals surface area contributed by atoms with Crippen molar-refractivity contribution in [3.8, 4) is 67.5 Å². The van der Waals surface area contributed by atoms with E-state index in [2.05, 4.69) is 51.4 Å². The highest BCUT2D eigenvalue weighted by molar-refractivity contribution is 7.26. The fourth-order valence-corrected chi connectivity index (χ4v) is 7.29. The van der Waals surface area contributed by atoms with E-state index < -0.39 is 89.5 Å². The number of thiophene rings is 1. The summed E-state index contributed by atoms with van der Waals surface area (Å²) in [5.41, 5.74) is 3.45. The summed E-state index contributed by atoms with van der Waals surface area (Å²) in [6.45, 7) is 1.42. The molecule has 0 aliphatic carbocycles. The first-order chi connectivity index (χ1) is 30.1. The molecule has 0 bridgehead atoms. The molecule has 0 saturated carbocycles. The predicted octanol–water partition coefficient (Wildman–Crippen LogP) is 12.5. The zero-order valence-corrected chi connectivity index (χ0v) is 27.2. The van der Waals surface area contributed by atoms with Crippen LogP contribution in [0.2, 0.25) is 0 Å². The van der Waals surface area contributed by atoms with E-state index in [1.165, 1.54) is 18.3 Å². The molecule has 9 rings (SSSR count). The second-order valence-corrected chi connectivity index (χ2v) is 12.5. The van der Waals surface area contributed by atoms with Gasteiger partial charge in [-0.1, -0.05) is 163 Å². The molecule has 0 unspecified atom stereocenters. The summed E-state index contributed by atoms with van der Waals surface area (Å²) < 4.78 is 115. The van der Waals surface area contributed by atoms with Gasteiger partial charge >= 0.3 is 0 Å². The van der Waals surface area contributed by atoms with Gasteiger partial charge < -0.3 is 0 Å². The average Bonchev–Trinajstić information content (AvgIpc) is 3.68. The fraction of sp³-hybridized carbons (Fsp3) is 0.0217. The highest BCUT2D eigenvalue weighted by atomic mass is 32.1. The van der Waals surface area contributed by atoms with Crippen LogP contribution in [-0.2, 0) is 0 Å². The Labute approximate surface area is 313 Å². The number of hydrogen-bond acceptors (Lipinski definition) is 4. The van der Waals surface area contributed by atoms with Gasteiger partial charge in [0, 0.05) is 36.9 Å². The van der Waals surface area contributed by atoms with Crippen molar-refractivity contribution in [3.63, 3.8) is 0 Å². The topological polar surface area (TPSA) is 38.7 Å². The second kappa shape index (κ2) is 12.7. The molecule has 2 heterocycles. The van der Waals surface area contributed by atoms with Gasteiger partial charge in [-0.15, -0.1) is 11.3 Å². The molecule has 4 heteroatoms. The van der Waals surface area contributed by atoms with Gasteiger partial charge in [0.2, 0.25) is 0 Å². The normalized spacial score (nSPS) is 14.9. The lowest BCUT2D eigenvalue weighted by atomic mass is 9.98. The minimum Gasteiger partial charge on any atom is -0.208 e. The Kier molecular flexibility index (Phi) is 4.83. The molecule has 0 radical (unpaired) electrons. The third kappa shape index (κ3) is 5.56. The monoisotopic (exact) mass is 670 g/mol. The number of hydrogen-bond donors (Lipinski definition) is 0. The number of aromatic nitrogens is 3. The molecule has 0 amide bonds. The molecular formula is C46H31N3S. The standard InChI is InChI=1S/C46H31N3S/c1-30-12-8-18-36(28-30)45-47-44(34-15-6-3-7-16-34)48-46(49-45)37-19-9-17-35(29-37)39-21-11-23-41-40-22-10-20-38(42(40)50-43(39)41)33-26-24-32(25-27-33)31-13-4-2-5-14-31/h2-29H,1H3/i3D,6D,7D,8D,9D,12D,15D,16D,17D,18D,19D,28D,29D. The number of nitrogens with zero attached hydrogens (tertiary/aromatic N) is 3. The first-order valence-corrected chi connectivity index (χ1v) is 16.5. The summed E-state index contributed by atoms with van der Waals surface area (Å²) in [7, 11) is 0. The molecule has 0 fully saturated rings. The summed E-state index contributed by atoms with van der Waals surface area (Å²) in [6, 6.07) is 22.5. The van der Waals surface area contributed by atoms with Gasteiger partial charge in [-0.3, -0.25) is 0 Å². The molecule has 3 nitrogen and oxygen atoms in total. The zero-order chi connectivity index (χ0) is 44.8. The Hall–Kier alpha value is -6.23. The Morgan fingerprint density at radius 3 is 1.62 bits per heavy atom. The van der Waals surface area contributed by atoms with Gasteiger partial charge in [0.1, 0.15) is 0 Å². The molecular weight excluding hydrogens is 627 g/mol. The molecule has 50 heavy (non-hydrogen) atoms. The van der Waals surface area contributed by atoms with E-state index in [0.29, 0.717) is 10.3 Å². The Morgan fingerprint density at radius 1 is 0.420 bits per heavy atom. The molecule has 0 saturated heterocycles. The van der Waals surface area contributed by atoms with Crippen LogP contribution in [0.5, 0.6) is 0 Å². The van der Waals surface area contributed by atoms with Gasteiger partial charge in [-0.25, -0.2) is 15.0 Å².